The lowest BCUT2D eigenvalue weighted by Gasteiger charge is -2.12. The zero-order valence-electron chi connectivity index (χ0n) is 14.9. The third-order valence-electron chi connectivity index (χ3n) is 3.42. The molecule has 0 aliphatic carbocycles. The Kier molecular flexibility index (Phi) is 8.69. The van der Waals surface area contributed by atoms with Gasteiger partial charge < -0.3 is 15.4 Å². The van der Waals surface area contributed by atoms with Gasteiger partial charge in [0, 0.05) is 30.6 Å². The maximum absolute atomic E-state index is 5.89. The lowest BCUT2D eigenvalue weighted by Crippen LogP contribution is -2.38. The summed E-state index contributed by atoms with van der Waals surface area (Å²) in [5.74, 6) is 2.49. The topological polar surface area (TPSA) is 58.5 Å². The monoisotopic (exact) mass is 358 g/mol. The minimum absolute atomic E-state index is 0.501. The van der Waals surface area contributed by atoms with Crippen LogP contribution in [0.15, 0.2) is 53.7 Å². The summed E-state index contributed by atoms with van der Waals surface area (Å²) in [4.78, 5) is 8.99. The van der Waals surface area contributed by atoms with Gasteiger partial charge in [-0.3, -0.25) is 0 Å². The molecule has 2 rings (SSSR count). The van der Waals surface area contributed by atoms with Crippen molar-refractivity contribution < 1.29 is 4.74 Å². The van der Waals surface area contributed by atoms with Crippen LogP contribution in [0.25, 0.3) is 0 Å². The van der Waals surface area contributed by atoms with E-state index < -0.39 is 0 Å². The zero-order chi connectivity index (χ0) is 17.7. The second kappa shape index (κ2) is 11.4. The van der Waals surface area contributed by atoms with E-state index in [2.05, 4.69) is 33.8 Å². The summed E-state index contributed by atoms with van der Waals surface area (Å²) < 4.78 is 5.89. The third-order valence-corrected chi connectivity index (χ3v) is 4.03. The number of nitrogens with zero attached hydrogens (tertiary/aromatic N) is 2. The summed E-state index contributed by atoms with van der Waals surface area (Å²) in [6, 6.07) is 14.0. The van der Waals surface area contributed by atoms with E-state index in [1.54, 1.807) is 6.20 Å². The Morgan fingerprint density at radius 1 is 1.16 bits per heavy atom. The van der Waals surface area contributed by atoms with Crippen LogP contribution in [0.3, 0.4) is 0 Å². The molecule has 0 atom stereocenters. The average molecular weight is 359 g/mol. The number of thioether (sulfide) groups is 1. The Hall–Kier alpha value is -2.21. The van der Waals surface area contributed by atoms with Gasteiger partial charge in [0.25, 0.3) is 0 Å². The maximum Gasteiger partial charge on any atom is 0.218 e. The fourth-order valence-corrected chi connectivity index (χ4v) is 2.48. The molecule has 134 valence electrons. The molecule has 0 saturated heterocycles. The van der Waals surface area contributed by atoms with Crippen molar-refractivity contribution in [2.24, 2.45) is 4.99 Å². The minimum atomic E-state index is 0.501. The second-order valence-corrected chi connectivity index (χ2v) is 6.34. The molecule has 0 spiro atoms. The number of nitrogens with one attached hydrogen (secondary N) is 2. The van der Waals surface area contributed by atoms with Crippen molar-refractivity contribution in [1.29, 1.82) is 0 Å². The fourth-order valence-electron chi connectivity index (χ4n) is 2.18. The van der Waals surface area contributed by atoms with Gasteiger partial charge in [-0.2, -0.15) is 11.8 Å². The predicted molar refractivity (Wildman–Crippen MR) is 106 cm³/mol. The molecule has 0 radical (unpaired) electrons. The molecule has 0 unspecified atom stereocenters. The molecular formula is C19H26N4OS. The van der Waals surface area contributed by atoms with Crippen molar-refractivity contribution in [3.63, 3.8) is 0 Å². The van der Waals surface area contributed by atoms with E-state index in [1.165, 1.54) is 0 Å². The Morgan fingerprint density at radius 3 is 2.76 bits per heavy atom. The van der Waals surface area contributed by atoms with Gasteiger partial charge in [-0.15, -0.1) is 0 Å². The highest BCUT2D eigenvalue weighted by atomic mass is 32.2. The van der Waals surface area contributed by atoms with E-state index in [4.69, 9.17) is 4.74 Å². The number of guanidine groups is 1. The number of hydrogen-bond acceptors (Lipinski definition) is 4. The van der Waals surface area contributed by atoms with Gasteiger partial charge in [0.05, 0.1) is 6.54 Å². The number of ether oxygens (including phenoxy) is 1. The first kappa shape index (κ1) is 19.1. The smallest absolute Gasteiger partial charge is 0.218 e. The average Bonchev–Trinajstić information content (AvgIpc) is 2.66. The SMILES string of the molecule is CCNC(=NCc1cccnc1OCc1ccccc1)NCCSC. The largest absolute Gasteiger partial charge is 0.473 e. The molecule has 0 fully saturated rings. The molecule has 2 aromatic rings. The molecular weight excluding hydrogens is 332 g/mol. The van der Waals surface area contributed by atoms with E-state index >= 15 is 0 Å². The lowest BCUT2D eigenvalue weighted by atomic mass is 10.2. The molecule has 5 nitrogen and oxygen atoms in total. The first-order chi connectivity index (χ1) is 12.3. The van der Waals surface area contributed by atoms with Crippen molar-refractivity contribution in [2.45, 2.75) is 20.1 Å². The number of aliphatic imine (C=N–C) groups is 1. The van der Waals surface area contributed by atoms with Crippen LogP contribution in [0.1, 0.15) is 18.1 Å². The van der Waals surface area contributed by atoms with Crippen LogP contribution in [-0.4, -0.2) is 36.0 Å². The summed E-state index contributed by atoms with van der Waals surface area (Å²) in [6.45, 7) is 4.80. The van der Waals surface area contributed by atoms with Gasteiger partial charge in [0.15, 0.2) is 5.96 Å². The van der Waals surface area contributed by atoms with Gasteiger partial charge in [0.2, 0.25) is 5.88 Å². The summed E-state index contributed by atoms with van der Waals surface area (Å²) in [5.41, 5.74) is 2.09. The summed E-state index contributed by atoms with van der Waals surface area (Å²) in [7, 11) is 0. The molecule has 2 N–H and O–H groups in total. The lowest BCUT2D eigenvalue weighted by molar-refractivity contribution is 0.290. The first-order valence-corrected chi connectivity index (χ1v) is 9.84. The summed E-state index contributed by atoms with van der Waals surface area (Å²) in [5, 5.41) is 6.58. The van der Waals surface area contributed by atoms with E-state index in [0.29, 0.717) is 19.0 Å². The molecule has 25 heavy (non-hydrogen) atoms. The second-order valence-electron chi connectivity index (χ2n) is 5.36. The third kappa shape index (κ3) is 7.05. The summed E-state index contributed by atoms with van der Waals surface area (Å²) >= 11 is 1.81. The predicted octanol–water partition coefficient (Wildman–Crippen LogP) is 3.08. The Balaban J connectivity index is 1.99. The van der Waals surface area contributed by atoms with Crippen molar-refractivity contribution in [2.75, 3.05) is 25.1 Å². The molecule has 0 saturated carbocycles. The Morgan fingerprint density at radius 2 is 2.00 bits per heavy atom. The number of rotatable bonds is 9. The van der Waals surface area contributed by atoms with Crippen molar-refractivity contribution >= 4 is 17.7 Å². The molecule has 1 aromatic carbocycles. The highest BCUT2D eigenvalue weighted by Gasteiger charge is 2.05. The molecule has 0 aliphatic rings. The van der Waals surface area contributed by atoms with Crippen LogP contribution in [0, 0.1) is 0 Å². The number of aromatic nitrogens is 1. The van der Waals surface area contributed by atoms with Gasteiger partial charge >= 0.3 is 0 Å². The number of hydrogen-bond donors (Lipinski definition) is 2. The Labute approximate surface area is 154 Å². The van der Waals surface area contributed by atoms with Crippen LogP contribution in [-0.2, 0) is 13.2 Å². The highest BCUT2D eigenvalue weighted by molar-refractivity contribution is 7.98. The van der Waals surface area contributed by atoms with Crippen LogP contribution in [0.2, 0.25) is 0 Å². The highest BCUT2D eigenvalue weighted by Crippen LogP contribution is 2.17. The molecule has 0 bridgehead atoms. The van der Waals surface area contributed by atoms with Crippen molar-refractivity contribution in [1.82, 2.24) is 15.6 Å². The first-order valence-electron chi connectivity index (χ1n) is 8.45. The van der Waals surface area contributed by atoms with Crippen molar-refractivity contribution in [3.05, 3.63) is 59.8 Å². The van der Waals surface area contributed by atoms with Crippen LogP contribution in [0.5, 0.6) is 5.88 Å². The number of pyridine rings is 1. The van der Waals surface area contributed by atoms with Crippen LogP contribution >= 0.6 is 11.8 Å². The normalized spacial score (nSPS) is 11.2. The molecule has 0 amide bonds. The van der Waals surface area contributed by atoms with Gasteiger partial charge in [-0.05, 0) is 24.8 Å². The molecule has 0 aliphatic heterocycles. The van der Waals surface area contributed by atoms with E-state index in [-0.39, 0.29) is 0 Å². The minimum Gasteiger partial charge on any atom is -0.473 e. The Bertz CT molecular complexity index is 649. The number of benzene rings is 1. The standard InChI is InChI=1S/C19H26N4OS/c1-3-20-19(22-12-13-25-2)23-14-17-10-7-11-21-18(17)24-15-16-8-5-4-6-9-16/h4-11H,3,12-15H2,1-2H3,(H2,20,22,23). The van der Waals surface area contributed by atoms with Crippen molar-refractivity contribution in [3.8, 4) is 5.88 Å². The maximum atomic E-state index is 5.89. The molecule has 6 heteroatoms. The quantitative estimate of drug-likeness (QED) is 0.410. The van der Waals surface area contributed by atoms with Gasteiger partial charge in [0.1, 0.15) is 6.61 Å². The van der Waals surface area contributed by atoms with E-state index in [9.17, 15) is 0 Å². The summed E-state index contributed by atoms with van der Waals surface area (Å²) in [6.07, 6.45) is 3.84. The van der Waals surface area contributed by atoms with Gasteiger partial charge in [-0.25, -0.2) is 9.98 Å². The van der Waals surface area contributed by atoms with Crippen LogP contribution < -0.4 is 15.4 Å². The van der Waals surface area contributed by atoms with E-state index in [0.717, 1.165) is 35.9 Å². The fraction of sp³-hybridized carbons (Fsp3) is 0.368. The molecule has 1 heterocycles. The van der Waals surface area contributed by atoms with Crippen LogP contribution in [0.4, 0.5) is 0 Å². The van der Waals surface area contributed by atoms with E-state index in [1.807, 2.05) is 54.2 Å². The molecule has 1 aromatic heterocycles. The van der Waals surface area contributed by atoms with Gasteiger partial charge in [-0.1, -0.05) is 36.4 Å². The zero-order valence-corrected chi connectivity index (χ0v) is 15.7.